The van der Waals surface area contributed by atoms with Crippen LogP contribution in [-0.2, 0) is 27.9 Å². The molecular formula is C26H43B3O6. The molecule has 0 radical (unpaired) electrons. The van der Waals surface area contributed by atoms with E-state index in [9.17, 15) is 0 Å². The summed E-state index contributed by atoms with van der Waals surface area (Å²) in [6.07, 6.45) is 0. The molecule has 0 unspecified atom stereocenters. The molecule has 0 spiro atoms. The Morgan fingerprint density at radius 2 is 0.743 bits per heavy atom. The van der Waals surface area contributed by atoms with Gasteiger partial charge in [0.15, 0.2) is 0 Å². The minimum absolute atomic E-state index is 0.262. The van der Waals surface area contributed by atoms with Crippen molar-refractivity contribution >= 4 is 21.4 Å². The zero-order chi connectivity index (χ0) is 26.2. The topological polar surface area (TPSA) is 55.4 Å². The lowest BCUT2D eigenvalue weighted by Gasteiger charge is -2.32. The molecule has 4 rings (SSSR count). The van der Waals surface area contributed by atoms with Gasteiger partial charge in [-0.1, -0.05) is 30.3 Å². The number of hydrogen-bond donors (Lipinski definition) is 0. The molecule has 192 valence electrons. The molecule has 0 amide bonds. The van der Waals surface area contributed by atoms with Crippen LogP contribution in [0.5, 0.6) is 0 Å². The van der Waals surface area contributed by atoms with Crippen LogP contribution in [0.15, 0.2) is 30.3 Å². The monoisotopic (exact) mass is 484 g/mol. The minimum atomic E-state index is -0.584. The Hall–Kier alpha value is -0.825. The van der Waals surface area contributed by atoms with E-state index in [-0.39, 0.29) is 11.5 Å². The van der Waals surface area contributed by atoms with Gasteiger partial charge in [-0.2, -0.15) is 0 Å². The zero-order valence-corrected chi connectivity index (χ0v) is 23.7. The van der Waals surface area contributed by atoms with Gasteiger partial charge in [0.25, 0.3) is 0 Å². The molecule has 3 aliphatic rings. The Bertz CT molecular complexity index is 846. The van der Waals surface area contributed by atoms with Crippen molar-refractivity contribution in [3.8, 4) is 0 Å². The summed E-state index contributed by atoms with van der Waals surface area (Å²) in [5, 5.41) is 0. The van der Waals surface area contributed by atoms with E-state index in [2.05, 4.69) is 95.2 Å². The average molecular weight is 484 g/mol. The minimum Gasteiger partial charge on any atom is -0.403 e. The Morgan fingerprint density at radius 3 is 1.06 bits per heavy atom. The van der Waals surface area contributed by atoms with Gasteiger partial charge in [-0.15, -0.1) is 0 Å². The van der Waals surface area contributed by atoms with Crippen LogP contribution in [0.25, 0.3) is 0 Å². The van der Waals surface area contributed by atoms with Crippen molar-refractivity contribution in [1.82, 2.24) is 0 Å². The first-order valence-electron chi connectivity index (χ1n) is 12.9. The largest absolute Gasteiger partial charge is 0.465 e. The van der Waals surface area contributed by atoms with E-state index in [4.69, 9.17) is 27.9 Å². The molecule has 0 N–H and O–H groups in total. The predicted octanol–water partition coefficient (Wildman–Crippen LogP) is 5.50. The number of rotatable bonds is 5. The molecule has 6 nitrogen and oxygen atoms in total. The molecule has 0 bridgehead atoms. The molecule has 1 atom stereocenters. The van der Waals surface area contributed by atoms with Crippen molar-refractivity contribution in [2.45, 2.75) is 128 Å². The van der Waals surface area contributed by atoms with Crippen molar-refractivity contribution in [1.29, 1.82) is 0 Å². The van der Waals surface area contributed by atoms with E-state index in [0.29, 0.717) is 0 Å². The maximum atomic E-state index is 6.65. The van der Waals surface area contributed by atoms with E-state index in [1.54, 1.807) is 0 Å². The molecule has 0 aromatic heterocycles. The van der Waals surface area contributed by atoms with E-state index in [0.717, 1.165) is 5.56 Å². The lowest BCUT2D eigenvalue weighted by atomic mass is 9.39. The molecule has 3 aliphatic heterocycles. The van der Waals surface area contributed by atoms with Crippen LogP contribution < -0.4 is 0 Å². The fraction of sp³-hybridized carbons (Fsp3) is 0.769. The van der Waals surface area contributed by atoms with Crippen molar-refractivity contribution in [2.24, 2.45) is 0 Å². The van der Waals surface area contributed by atoms with E-state index >= 15 is 0 Å². The van der Waals surface area contributed by atoms with Crippen LogP contribution in [0.1, 0.15) is 94.5 Å². The second-order valence-corrected chi connectivity index (χ2v) is 13.4. The fourth-order valence-corrected chi connectivity index (χ4v) is 4.83. The number of hydrogen-bond acceptors (Lipinski definition) is 6. The quantitative estimate of drug-likeness (QED) is 0.516. The zero-order valence-electron chi connectivity index (χ0n) is 23.7. The van der Waals surface area contributed by atoms with Gasteiger partial charge >= 0.3 is 21.4 Å². The van der Waals surface area contributed by atoms with Gasteiger partial charge in [0.05, 0.1) is 33.6 Å². The van der Waals surface area contributed by atoms with Crippen molar-refractivity contribution < 1.29 is 27.9 Å². The van der Waals surface area contributed by atoms with Crippen LogP contribution in [0.4, 0.5) is 0 Å². The first-order valence-corrected chi connectivity index (χ1v) is 12.9. The molecule has 0 saturated carbocycles. The standard InChI is InChI=1S/C26H43B3O6/c1-21(2)22(3,4)31-27(30-21)19(18-16-14-13-15-17-18)20(28-32-23(5,6)24(7,8)33-28)29-34-25(9,10)26(11,12)35-29/h13-17,19-20H,1-12H3/t19-/m0/s1. The molecule has 0 aliphatic carbocycles. The lowest BCUT2D eigenvalue weighted by Crippen LogP contribution is -2.47. The predicted molar refractivity (Wildman–Crippen MR) is 141 cm³/mol. The smallest absolute Gasteiger partial charge is 0.403 e. The normalized spacial score (nSPS) is 28.7. The number of benzene rings is 1. The van der Waals surface area contributed by atoms with Crippen LogP contribution in [0.2, 0.25) is 5.72 Å². The SMILES string of the molecule is CC1(C)OB(C(B2OC(C)(C)C(C)(C)O2)[C@@H](B2OC(C)(C)C(C)(C)O2)c2ccccc2)OC1(C)C. The van der Waals surface area contributed by atoms with Crippen LogP contribution in [0.3, 0.4) is 0 Å². The molecule has 1 aromatic rings. The average Bonchev–Trinajstić information content (AvgIpc) is 3.14. The maximum Gasteiger partial charge on any atom is 0.465 e. The summed E-state index contributed by atoms with van der Waals surface area (Å²) in [6, 6.07) is 10.3. The van der Waals surface area contributed by atoms with Gasteiger partial charge in [-0.05, 0) is 88.6 Å². The summed E-state index contributed by atoms with van der Waals surface area (Å²) in [7, 11) is -1.71. The van der Waals surface area contributed by atoms with Crippen LogP contribution >= 0.6 is 0 Å². The van der Waals surface area contributed by atoms with Gasteiger partial charge < -0.3 is 27.9 Å². The third-order valence-corrected chi connectivity index (χ3v) is 9.34. The molecule has 35 heavy (non-hydrogen) atoms. The molecule has 3 fully saturated rings. The Morgan fingerprint density at radius 1 is 0.457 bits per heavy atom. The summed E-state index contributed by atoms with van der Waals surface area (Å²) in [4.78, 5) is 0. The van der Waals surface area contributed by atoms with E-state index in [1.165, 1.54) is 0 Å². The van der Waals surface area contributed by atoms with Crippen LogP contribution in [-0.4, -0.2) is 55.0 Å². The van der Waals surface area contributed by atoms with Crippen molar-refractivity contribution in [3.05, 3.63) is 35.9 Å². The summed E-state index contributed by atoms with van der Waals surface area (Å²) in [6.45, 7) is 24.9. The van der Waals surface area contributed by atoms with Gasteiger partial charge in [-0.3, -0.25) is 0 Å². The molecule has 3 heterocycles. The van der Waals surface area contributed by atoms with Crippen molar-refractivity contribution in [3.63, 3.8) is 0 Å². The summed E-state index contributed by atoms with van der Waals surface area (Å²) >= 11 is 0. The maximum absolute atomic E-state index is 6.65. The van der Waals surface area contributed by atoms with Gasteiger partial charge in [0, 0.05) is 11.5 Å². The highest BCUT2D eigenvalue weighted by atomic mass is 16.7. The molecule has 9 heteroatoms. The second-order valence-electron chi connectivity index (χ2n) is 13.4. The Labute approximate surface area is 213 Å². The Balaban J connectivity index is 1.83. The summed E-state index contributed by atoms with van der Waals surface area (Å²) in [5.74, 6) is -0.262. The van der Waals surface area contributed by atoms with Crippen molar-refractivity contribution in [2.75, 3.05) is 0 Å². The highest BCUT2D eigenvalue weighted by molar-refractivity contribution is 6.71. The first-order chi connectivity index (χ1) is 15.8. The van der Waals surface area contributed by atoms with E-state index in [1.807, 2.05) is 18.2 Å². The third kappa shape index (κ3) is 4.55. The summed E-state index contributed by atoms with van der Waals surface area (Å²) in [5.41, 5.74) is -2.27. The second kappa shape index (κ2) is 8.34. The Kier molecular flexibility index (Phi) is 6.48. The first kappa shape index (κ1) is 27.2. The fourth-order valence-electron chi connectivity index (χ4n) is 4.83. The molecular weight excluding hydrogens is 441 g/mol. The van der Waals surface area contributed by atoms with E-state index < -0.39 is 55.0 Å². The van der Waals surface area contributed by atoms with Gasteiger partial charge in [0.1, 0.15) is 0 Å². The lowest BCUT2D eigenvalue weighted by molar-refractivity contribution is 0.00578. The molecule has 3 saturated heterocycles. The highest BCUT2D eigenvalue weighted by Gasteiger charge is 2.67. The van der Waals surface area contributed by atoms with Gasteiger partial charge in [0.2, 0.25) is 0 Å². The highest BCUT2D eigenvalue weighted by Crippen LogP contribution is 2.52. The summed E-state index contributed by atoms with van der Waals surface area (Å²) < 4.78 is 39.9. The third-order valence-electron chi connectivity index (χ3n) is 9.34. The molecule has 1 aromatic carbocycles. The van der Waals surface area contributed by atoms with Crippen LogP contribution in [0, 0.1) is 0 Å². The van der Waals surface area contributed by atoms with Gasteiger partial charge in [-0.25, -0.2) is 0 Å².